The number of aromatic nitrogens is 2. The lowest BCUT2D eigenvalue weighted by Crippen LogP contribution is -1.97. The Kier molecular flexibility index (Phi) is 3.79. The zero-order chi connectivity index (χ0) is 16.5. The van der Waals surface area contributed by atoms with Gasteiger partial charge in [-0.05, 0) is 65.1 Å². The van der Waals surface area contributed by atoms with E-state index in [1.807, 2.05) is 42.5 Å². The Morgan fingerprint density at radius 2 is 1.75 bits per heavy atom. The minimum Gasteiger partial charge on any atom is -0.292 e. The second-order valence-electron chi connectivity index (χ2n) is 5.43. The molecule has 3 nitrogen and oxygen atoms in total. The van der Waals surface area contributed by atoms with Gasteiger partial charge in [-0.2, -0.15) is 5.26 Å². The lowest BCUT2D eigenvalue weighted by Gasteiger charge is -2.09. The summed E-state index contributed by atoms with van der Waals surface area (Å²) in [5.74, 6) is 0.879. The first-order valence-electron chi connectivity index (χ1n) is 7.50. The van der Waals surface area contributed by atoms with Crippen molar-refractivity contribution in [2.75, 3.05) is 0 Å². The van der Waals surface area contributed by atoms with Crippen LogP contribution in [0.25, 0.3) is 28.1 Å². The number of nitriles is 1. The van der Waals surface area contributed by atoms with Crippen LogP contribution < -0.4 is 0 Å². The average molecular weight is 421 g/mol. The fraction of sp³-hybridized carbons (Fsp3) is 0. The van der Waals surface area contributed by atoms with E-state index in [-0.39, 0.29) is 0 Å². The van der Waals surface area contributed by atoms with E-state index in [1.54, 1.807) is 0 Å². The third-order valence-electron chi connectivity index (χ3n) is 3.88. The molecule has 0 saturated carbocycles. The molecule has 0 aliphatic carbocycles. The number of fused-ring (bicyclic) bond motifs is 1. The molecule has 114 valence electrons. The summed E-state index contributed by atoms with van der Waals surface area (Å²) in [6.07, 6.45) is 0. The number of imidazole rings is 1. The Morgan fingerprint density at radius 1 is 0.917 bits per heavy atom. The Balaban J connectivity index is 2.06. The van der Waals surface area contributed by atoms with Gasteiger partial charge in [-0.15, -0.1) is 0 Å². The lowest BCUT2D eigenvalue weighted by atomic mass is 10.2. The number of nitrogens with zero attached hydrogens (tertiary/aromatic N) is 3. The van der Waals surface area contributed by atoms with Gasteiger partial charge < -0.3 is 0 Å². The SMILES string of the molecule is N#Cc1ccc2c(c1)nc(-c1cccc(I)c1)n2-c1ccccc1. The molecule has 0 radical (unpaired) electrons. The Bertz CT molecular complexity index is 1080. The summed E-state index contributed by atoms with van der Waals surface area (Å²) in [7, 11) is 0. The van der Waals surface area contributed by atoms with Crippen LogP contribution >= 0.6 is 22.6 Å². The zero-order valence-electron chi connectivity index (χ0n) is 12.6. The first kappa shape index (κ1) is 14.9. The van der Waals surface area contributed by atoms with Crippen molar-refractivity contribution in [1.82, 2.24) is 9.55 Å². The number of hydrogen-bond acceptors (Lipinski definition) is 2. The van der Waals surface area contributed by atoms with Crippen LogP contribution in [0.3, 0.4) is 0 Å². The molecule has 4 aromatic rings. The predicted molar refractivity (Wildman–Crippen MR) is 104 cm³/mol. The number of hydrogen-bond donors (Lipinski definition) is 0. The first-order valence-corrected chi connectivity index (χ1v) is 8.58. The summed E-state index contributed by atoms with van der Waals surface area (Å²) in [6.45, 7) is 0. The maximum Gasteiger partial charge on any atom is 0.145 e. The lowest BCUT2D eigenvalue weighted by molar-refractivity contribution is 1.10. The van der Waals surface area contributed by atoms with Gasteiger partial charge in [-0.25, -0.2) is 4.98 Å². The van der Waals surface area contributed by atoms with Crippen LogP contribution in [0.5, 0.6) is 0 Å². The summed E-state index contributed by atoms with van der Waals surface area (Å²) in [6, 6.07) is 26.3. The second-order valence-corrected chi connectivity index (χ2v) is 6.68. The molecule has 24 heavy (non-hydrogen) atoms. The highest BCUT2D eigenvalue weighted by atomic mass is 127. The number of rotatable bonds is 2. The largest absolute Gasteiger partial charge is 0.292 e. The van der Waals surface area contributed by atoms with Gasteiger partial charge in [0.25, 0.3) is 0 Å². The van der Waals surface area contributed by atoms with E-state index in [1.165, 1.54) is 0 Å². The highest BCUT2D eigenvalue weighted by Gasteiger charge is 2.14. The minimum atomic E-state index is 0.620. The quantitative estimate of drug-likeness (QED) is 0.419. The maximum absolute atomic E-state index is 9.16. The molecule has 0 spiro atoms. The van der Waals surface area contributed by atoms with Crippen molar-refractivity contribution < 1.29 is 0 Å². The van der Waals surface area contributed by atoms with Crippen molar-refractivity contribution in [2.45, 2.75) is 0 Å². The average Bonchev–Trinajstić information content (AvgIpc) is 3.01. The van der Waals surface area contributed by atoms with E-state index >= 15 is 0 Å². The van der Waals surface area contributed by atoms with Gasteiger partial charge >= 0.3 is 0 Å². The predicted octanol–water partition coefficient (Wildman–Crippen LogP) is 5.17. The fourth-order valence-electron chi connectivity index (χ4n) is 2.81. The number of para-hydroxylation sites is 1. The van der Waals surface area contributed by atoms with Gasteiger partial charge in [0.1, 0.15) is 5.82 Å². The van der Waals surface area contributed by atoms with Crippen LogP contribution in [0.4, 0.5) is 0 Å². The fourth-order valence-corrected chi connectivity index (χ4v) is 3.35. The molecule has 0 aliphatic heterocycles. The Morgan fingerprint density at radius 3 is 2.50 bits per heavy atom. The van der Waals surface area contributed by atoms with Crippen LogP contribution in [-0.2, 0) is 0 Å². The number of halogens is 1. The van der Waals surface area contributed by atoms with Crippen molar-refractivity contribution in [3.8, 4) is 23.1 Å². The van der Waals surface area contributed by atoms with Crippen LogP contribution in [0, 0.1) is 14.9 Å². The topological polar surface area (TPSA) is 41.6 Å². The van der Waals surface area contributed by atoms with Crippen molar-refractivity contribution in [2.24, 2.45) is 0 Å². The summed E-state index contributed by atoms with van der Waals surface area (Å²) < 4.78 is 3.30. The smallest absolute Gasteiger partial charge is 0.145 e. The summed E-state index contributed by atoms with van der Waals surface area (Å²) in [4.78, 5) is 4.82. The molecule has 0 aliphatic rings. The third kappa shape index (κ3) is 2.57. The van der Waals surface area contributed by atoms with Crippen molar-refractivity contribution in [1.29, 1.82) is 5.26 Å². The van der Waals surface area contributed by atoms with Gasteiger partial charge in [0.15, 0.2) is 0 Å². The molecule has 0 unspecified atom stereocenters. The van der Waals surface area contributed by atoms with Crippen molar-refractivity contribution >= 4 is 33.6 Å². The molecule has 1 heterocycles. The minimum absolute atomic E-state index is 0.620. The molecular formula is C20H12IN3. The molecule has 4 rings (SSSR count). The monoisotopic (exact) mass is 421 g/mol. The molecule has 1 aromatic heterocycles. The van der Waals surface area contributed by atoms with E-state index in [4.69, 9.17) is 10.2 Å². The highest BCUT2D eigenvalue weighted by Crippen LogP contribution is 2.29. The number of benzene rings is 3. The molecular weight excluding hydrogens is 409 g/mol. The Labute approximate surface area is 153 Å². The van der Waals surface area contributed by atoms with Crippen LogP contribution in [0.1, 0.15) is 5.56 Å². The van der Waals surface area contributed by atoms with E-state index < -0.39 is 0 Å². The van der Waals surface area contributed by atoms with Gasteiger partial charge in [-0.3, -0.25) is 4.57 Å². The maximum atomic E-state index is 9.16. The molecule has 0 fully saturated rings. The second kappa shape index (κ2) is 6.10. The molecule has 4 heteroatoms. The van der Waals surface area contributed by atoms with Crippen molar-refractivity contribution in [3.05, 3.63) is 81.9 Å². The van der Waals surface area contributed by atoms with Gasteiger partial charge in [0.2, 0.25) is 0 Å². The van der Waals surface area contributed by atoms with E-state index in [9.17, 15) is 0 Å². The highest BCUT2D eigenvalue weighted by molar-refractivity contribution is 14.1. The molecule has 0 saturated heterocycles. The van der Waals surface area contributed by atoms with Crippen LogP contribution in [0.2, 0.25) is 0 Å². The third-order valence-corrected chi connectivity index (χ3v) is 4.55. The Hall–Kier alpha value is -2.65. The normalized spacial score (nSPS) is 10.7. The van der Waals surface area contributed by atoms with E-state index in [0.29, 0.717) is 5.56 Å². The van der Waals surface area contributed by atoms with Gasteiger partial charge in [0.05, 0.1) is 22.7 Å². The molecule has 0 amide bonds. The van der Waals surface area contributed by atoms with Crippen LogP contribution in [0.15, 0.2) is 72.8 Å². The summed E-state index contributed by atoms with van der Waals surface area (Å²) in [5, 5.41) is 9.16. The standard InChI is InChI=1S/C20H12IN3/c21-16-6-4-5-15(12-16)20-23-18-11-14(13-22)9-10-19(18)24(20)17-7-2-1-3-8-17/h1-12H. The summed E-state index contributed by atoms with van der Waals surface area (Å²) >= 11 is 2.31. The van der Waals surface area contributed by atoms with Gasteiger partial charge in [-0.1, -0.05) is 30.3 Å². The van der Waals surface area contributed by atoms with Gasteiger partial charge in [0, 0.05) is 14.8 Å². The van der Waals surface area contributed by atoms with Crippen molar-refractivity contribution in [3.63, 3.8) is 0 Å². The molecule has 0 bridgehead atoms. The summed E-state index contributed by atoms with van der Waals surface area (Å²) in [5.41, 5.74) is 4.55. The van der Waals surface area contributed by atoms with E-state index in [2.05, 4.69) is 63.6 Å². The molecule has 0 atom stereocenters. The van der Waals surface area contributed by atoms with Crippen LogP contribution in [-0.4, -0.2) is 9.55 Å². The van der Waals surface area contributed by atoms with E-state index in [0.717, 1.165) is 31.7 Å². The molecule has 0 N–H and O–H groups in total. The molecule has 3 aromatic carbocycles. The zero-order valence-corrected chi connectivity index (χ0v) is 14.8. The first-order chi connectivity index (χ1) is 11.8.